The summed E-state index contributed by atoms with van der Waals surface area (Å²) in [5.41, 5.74) is -0.518. The average Bonchev–Trinajstić information content (AvgIpc) is 2.47. The van der Waals surface area contributed by atoms with E-state index in [1.54, 1.807) is 0 Å². The van der Waals surface area contributed by atoms with Crippen molar-refractivity contribution in [1.29, 1.82) is 0 Å². The van der Waals surface area contributed by atoms with Gasteiger partial charge in [0.2, 0.25) is 0 Å². The average molecular weight is 344 g/mol. The number of nitrogens with one attached hydrogen (secondary N) is 2. The molecule has 1 aromatic carbocycles. The van der Waals surface area contributed by atoms with Crippen LogP contribution in [0.4, 0.5) is 22.8 Å². The highest BCUT2D eigenvalue weighted by atomic mass is 19.4. The van der Waals surface area contributed by atoms with Crippen molar-refractivity contribution < 1.29 is 33.0 Å². The zero-order valence-corrected chi connectivity index (χ0v) is 12.3. The summed E-state index contributed by atoms with van der Waals surface area (Å²) < 4.78 is 39.4. The summed E-state index contributed by atoms with van der Waals surface area (Å²) in [6.45, 7) is 0. The molecule has 0 aromatic heterocycles. The Hall–Kier alpha value is -2.71. The van der Waals surface area contributed by atoms with Gasteiger partial charge >= 0.3 is 18.4 Å². The molecule has 2 rings (SSSR count). The minimum Gasteiger partial charge on any atom is -0.465 e. The number of halogens is 3. The summed E-state index contributed by atoms with van der Waals surface area (Å²) in [5.74, 6) is 0. The molecule has 24 heavy (non-hydrogen) atoms. The quantitative estimate of drug-likeness (QED) is 0.677. The number of carboxylic acid groups (broad SMARTS) is 2. The first kappa shape index (κ1) is 17.6. The highest BCUT2D eigenvalue weighted by Gasteiger charge is 2.36. The van der Waals surface area contributed by atoms with Crippen molar-refractivity contribution in [3.8, 4) is 0 Å². The van der Waals surface area contributed by atoms with Gasteiger partial charge in [0.05, 0.1) is 17.6 Å². The maximum Gasteiger partial charge on any atom is 0.416 e. The third kappa shape index (κ3) is 4.18. The van der Waals surface area contributed by atoms with Gasteiger partial charge in [0.25, 0.3) is 0 Å². The van der Waals surface area contributed by atoms with Gasteiger partial charge in [-0.2, -0.15) is 13.2 Å². The highest BCUT2D eigenvalue weighted by Crippen LogP contribution is 2.37. The molecule has 0 unspecified atom stereocenters. The summed E-state index contributed by atoms with van der Waals surface area (Å²) in [6, 6.07) is 3.40. The molecule has 0 bridgehead atoms. The molecule has 1 aromatic rings. The van der Waals surface area contributed by atoms with Gasteiger partial charge in [0, 0.05) is 0 Å². The van der Waals surface area contributed by atoms with Gasteiger partial charge in [-0.05, 0) is 30.0 Å². The van der Waals surface area contributed by atoms with Gasteiger partial charge < -0.3 is 20.8 Å². The number of hydrogen-bond acceptors (Lipinski definition) is 2. The molecule has 9 heteroatoms. The Morgan fingerprint density at radius 2 is 1.62 bits per heavy atom. The van der Waals surface area contributed by atoms with E-state index < -0.39 is 36.0 Å². The van der Waals surface area contributed by atoms with E-state index in [0.29, 0.717) is 5.57 Å². The normalized spacial score (nSPS) is 20.9. The summed E-state index contributed by atoms with van der Waals surface area (Å²) in [4.78, 5) is 21.7. The Morgan fingerprint density at radius 3 is 2.21 bits per heavy atom. The van der Waals surface area contributed by atoms with Crippen LogP contribution >= 0.6 is 0 Å². The van der Waals surface area contributed by atoms with E-state index in [4.69, 9.17) is 10.2 Å². The first-order valence-electron chi connectivity index (χ1n) is 7.03. The predicted molar refractivity (Wildman–Crippen MR) is 78.6 cm³/mol. The Labute approximate surface area is 135 Å². The van der Waals surface area contributed by atoms with Gasteiger partial charge in [-0.15, -0.1) is 0 Å². The van der Waals surface area contributed by atoms with Crippen LogP contribution in [0.5, 0.6) is 0 Å². The molecular formula is C15H15F3N2O4. The molecule has 2 amide bonds. The monoisotopic (exact) mass is 344 g/mol. The number of rotatable bonds is 3. The third-order valence-electron chi connectivity index (χ3n) is 3.74. The van der Waals surface area contributed by atoms with Crippen molar-refractivity contribution >= 4 is 17.8 Å². The lowest BCUT2D eigenvalue weighted by atomic mass is 9.85. The van der Waals surface area contributed by atoms with Crippen LogP contribution in [0.2, 0.25) is 0 Å². The van der Waals surface area contributed by atoms with E-state index in [1.165, 1.54) is 24.3 Å². The summed E-state index contributed by atoms with van der Waals surface area (Å²) in [7, 11) is 0. The standard InChI is InChI=1S/C15H15F3N2O4/c16-15(17,18)10-4-2-1-3-9(10)8-5-6-11(19-13(21)22)12(7-8)20-14(23)24/h1-5,11-12,19-20H,6-7H2,(H,21,22)(H,23,24)/t11-,12-/m0/s1. The number of hydrogen-bond donors (Lipinski definition) is 4. The lowest BCUT2D eigenvalue weighted by Crippen LogP contribution is -2.52. The summed E-state index contributed by atoms with van der Waals surface area (Å²) in [5, 5.41) is 22.0. The zero-order chi connectivity index (χ0) is 17.9. The van der Waals surface area contributed by atoms with Crippen molar-refractivity contribution in [3.63, 3.8) is 0 Å². The zero-order valence-electron chi connectivity index (χ0n) is 12.3. The van der Waals surface area contributed by atoms with Crippen LogP contribution in [-0.4, -0.2) is 34.5 Å². The predicted octanol–water partition coefficient (Wildman–Crippen LogP) is 3.16. The number of amides is 2. The summed E-state index contributed by atoms with van der Waals surface area (Å²) >= 11 is 0. The molecule has 6 nitrogen and oxygen atoms in total. The Kier molecular flexibility index (Phi) is 5.01. The smallest absolute Gasteiger partial charge is 0.416 e. The van der Waals surface area contributed by atoms with Crippen molar-refractivity contribution in [2.75, 3.05) is 0 Å². The van der Waals surface area contributed by atoms with Crippen LogP contribution in [0.25, 0.3) is 5.57 Å². The molecule has 0 aliphatic heterocycles. The molecular weight excluding hydrogens is 329 g/mol. The van der Waals surface area contributed by atoms with Crippen molar-refractivity contribution in [1.82, 2.24) is 10.6 Å². The minimum atomic E-state index is -4.54. The van der Waals surface area contributed by atoms with Gasteiger partial charge in [0.15, 0.2) is 0 Å². The highest BCUT2D eigenvalue weighted by molar-refractivity contribution is 5.73. The van der Waals surface area contributed by atoms with E-state index in [-0.39, 0.29) is 18.4 Å². The second-order valence-corrected chi connectivity index (χ2v) is 5.32. The molecule has 0 radical (unpaired) electrons. The van der Waals surface area contributed by atoms with Crippen LogP contribution in [0.15, 0.2) is 30.3 Å². The van der Waals surface area contributed by atoms with E-state index in [1.807, 2.05) is 0 Å². The molecule has 0 heterocycles. The lowest BCUT2D eigenvalue weighted by molar-refractivity contribution is -0.137. The van der Waals surface area contributed by atoms with Crippen LogP contribution in [-0.2, 0) is 6.18 Å². The molecule has 0 saturated heterocycles. The molecule has 0 spiro atoms. The molecule has 1 aliphatic rings. The SMILES string of the molecule is O=C(O)N[C@H]1CC=C(c2ccccc2C(F)(F)F)C[C@@H]1NC(=O)O. The molecule has 2 atom stereocenters. The Bertz CT molecular complexity index is 673. The largest absolute Gasteiger partial charge is 0.465 e. The fraction of sp³-hybridized carbons (Fsp3) is 0.333. The lowest BCUT2D eigenvalue weighted by Gasteiger charge is -2.31. The van der Waals surface area contributed by atoms with Crippen molar-refractivity contribution in [2.45, 2.75) is 31.1 Å². The fourth-order valence-electron chi connectivity index (χ4n) is 2.75. The van der Waals surface area contributed by atoms with Crippen molar-refractivity contribution in [3.05, 3.63) is 41.5 Å². The molecule has 4 N–H and O–H groups in total. The van der Waals surface area contributed by atoms with Crippen LogP contribution in [0.3, 0.4) is 0 Å². The molecule has 130 valence electrons. The first-order chi connectivity index (χ1) is 11.2. The van der Waals surface area contributed by atoms with Crippen LogP contribution in [0.1, 0.15) is 24.0 Å². The van der Waals surface area contributed by atoms with Gasteiger partial charge in [-0.3, -0.25) is 0 Å². The van der Waals surface area contributed by atoms with Crippen molar-refractivity contribution in [2.24, 2.45) is 0 Å². The second kappa shape index (κ2) is 6.81. The first-order valence-corrected chi connectivity index (χ1v) is 7.03. The number of carbonyl (C=O) groups is 2. The van der Waals surface area contributed by atoms with E-state index in [0.717, 1.165) is 6.07 Å². The Balaban J connectivity index is 2.34. The van der Waals surface area contributed by atoms with Gasteiger partial charge in [-0.25, -0.2) is 9.59 Å². The number of benzene rings is 1. The fourth-order valence-corrected chi connectivity index (χ4v) is 2.75. The van der Waals surface area contributed by atoms with Gasteiger partial charge in [-0.1, -0.05) is 24.3 Å². The maximum atomic E-state index is 13.1. The topological polar surface area (TPSA) is 98.7 Å². The third-order valence-corrected chi connectivity index (χ3v) is 3.74. The van der Waals surface area contributed by atoms with E-state index in [2.05, 4.69) is 10.6 Å². The van der Waals surface area contributed by atoms with Gasteiger partial charge in [0.1, 0.15) is 0 Å². The number of alkyl halides is 3. The molecule has 0 saturated carbocycles. The minimum absolute atomic E-state index is 0.0315. The van der Waals surface area contributed by atoms with E-state index >= 15 is 0 Å². The van der Waals surface area contributed by atoms with E-state index in [9.17, 15) is 22.8 Å². The molecule has 0 fully saturated rings. The maximum absolute atomic E-state index is 13.1. The van der Waals surface area contributed by atoms with Crippen LogP contribution in [0, 0.1) is 0 Å². The van der Waals surface area contributed by atoms with Crippen LogP contribution < -0.4 is 10.6 Å². The molecule has 1 aliphatic carbocycles. The second-order valence-electron chi connectivity index (χ2n) is 5.32. The summed E-state index contributed by atoms with van der Waals surface area (Å²) in [6.07, 6.45) is -5.70. The Morgan fingerprint density at radius 1 is 1.04 bits per heavy atom.